The number of nitrogens with one attached hydrogen (secondary N) is 1. The molecule has 2 rings (SSSR count). The zero-order valence-corrected chi connectivity index (χ0v) is 8.06. The Hall–Kier alpha value is -1.66. The van der Waals surface area contributed by atoms with Gasteiger partial charge in [-0.2, -0.15) is 13.7 Å². The van der Waals surface area contributed by atoms with Crippen molar-refractivity contribution in [3.8, 4) is 6.07 Å². The van der Waals surface area contributed by atoms with Crippen molar-refractivity contribution >= 4 is 16.1 Å². The number of rotatable bonds is 1. The first-order valence-corrected chi connectivity index (χ1v) is 5.13. The van der Waals surface area contributed by atoms with Crippen LogP contribution >= 0.6 is 0 Å². The normalized spacial score (nSPS) is 18.7. The number of hydrazine groups is 1. The van der Waals surface area contributed by atoms with Gasteiger partial charge in [0.05, 0.1) is 17.3 Å². The number of hydrogen-bond donors (Lipinski definition) is 1. The zero-order chi connectivity index (χ0) is 10.9. The van der Waals surface area contributed by atoms with Crippen molar-refractivity contribution in [1.82, 2.24) is 5.59 Å². The molecule has 1 fully saturated rings. The first kappa shape index (κ1) is 9.88. The van der Waals surface area contributed by atoms with Gasteiger partial charge in [0.15, 0.2) is 0 Å². The molecule has 0 aliphatic carbocycles. The number of nitriles is 1. The van der Waals surface area contributed by atoms with Crippen molar-refractivity contribution in [2.45, 2.75) is 0 Å². The molecule has 0 bridgehead atoms. The van der Waals surface area contributed by atoms with E-state index in [0.29, 0.717) is 11.3 Å². The van der Waals surface area contributed by atoms with E-state index in [1.54, 1.807) is 0 Å². The van der Waals surface area contributed by atoms with Gasteiger partial charge in [0.1, 0.15) is 0 Å². The predicted molar refractivity (Wildman–Crippen MR) is 47.9 cm³/mol. The van der Waals surface area contributed by atoms with Crippen LogP contribution in [0.2, 0.25) is 0 Å². The summed E-state index contributed by atoms with van der Waals surface area (Å²) >= 11 is 0. The van der Waals surface area contributed by atoms with Gasteiger partial charge in [0, 0.05) is 0 Å². The molecule has 0 unspecified atom stereocenters. The second-order valence-corrected chi connectivity index (χ2v) is 3.74. The van der Waals surface area contributed by atoms with Crippen LogP contribution in [0.3, 0.4) is 0 Å². The molecule has 1 aromatic carbocycles. The summed E-state index contributed by atoms with van der Waals surface area (Å²) in [5.74, 6) is 0. The summed E-state index contributed by atoms with van der Waals surface area (Å²) in [5, 5.41) is 9.38. The Morgan fingerprint density at radius 3 is 2.47 bits per heavy atom. The molecular weight excluding hydrogens is 222 g/mol. The van der Waals surface area contributed by atoms with Gasteiger partial charge in [-0.05, 0) is 24.3 Å². The molecule has 1 aliphatic heterocycles. The first-order valence-electron chi connectivity index (χ1n) is 3.80. The molecule has 0 amide bonds. The molecule has 1 N–H and O–H groups in total. The van der Waals surface area contributed by atoms with E-state index in [9.17, 15) is 8.42 Å². The summed E-state index contributed by atoms with van der Waals surface area (Å²) in [6.07, 6.45) is 0. The van der Waals surface area contributed by atoms with Crippen LogP contribution in [0.5, 0.6) is 0 Å². The number of hydrogen-bond acceptors (Lipinski definition) is 7. The van der Waals surface area contributed by atoms with Gasteiger partial charge in [0.2, 0.25) is 0 Å². The average Bonchev–Trinajstić information content (AvgIpc) is 2.59. The molecule has 78 valence electrons. The lowest BCUT2D eigenvalue weighted by Gasteiger charge is -2.10. The predicted octanol–water partition coefficient (Wildman–Crippen LogP) is -0.00912. The van der Waals surface area contributed by atoms with Gasteiger partial charge in [-0.1, -0.05) is 5.59 Å². The monoisotopic (exact) mass is 227 g/mol. The van der Waals surface area contributed by atoms with Gasteiger partial charge < -0.3 is 0 Å². The maximum absolute atomic E-state index is 10.7. The molecule has 1 saturated heterocycles. The van der Waals surface area contributed by atoms with Crippen molar-refractivity contribution < 1.29 is 17.0 Å². The Labute approximate surface area is 85.6 Å². The smallest absolute Gasteiger partial charge is 0.192 e. The summed E-state index contributed by atoms with van der Waals surface area (Å²) in [5.41, 5.74) is 2.90. The van der Waals surface area contributed by atoms with Crippen LogP contribution in [0.1, 0.15) is 5.56 Å². The molecular formula is C7H5N3O4S. The minimum absolute atomic E-state index is 0.398. The zero-order valence-electron chi connectivity index (χ0n) is 7.25. The molecule has 1 aliphatic rings. The highest BCUT2D eigenvalue weighted by Gasteiger charge is 2.28. The maximum atomic E-state index is 10.7. The van der Waals surface area contributed by atoms with E-state index < -0.39 is 10.4 Å². The Balaban J connectivity index is 2.22. The Morgan fingerprint density at radius 2 is 2.00 bits per heavy atom. The molecule has 8 heteroatoms. The van der Waals surface area contributed by atoms with Crippen molar-refractivity contribution in [1.29, 1.82) is 5.26 Å². The molecule has 1 aromatic rings. The van der Waals surface area contributed by atoms with E-state index in [0.717, 1.165) is 5.17 Å². The molecule has 1 heterocycles. The van der Waals surface area contributed by atoms with Gasteiger partial charge in [-0.15, -0.1) is 13.7 Å². The van der Waals surface area contributed by atoms with Crippen molar-refractivity contribution in [3.05, 3.63) is 29.8 Å². The highest BCUT2D eigenvalue weighted by atomic mass is 32.3. The fraction of sp³-hybridized carbons (Fsp3) is 0. The first-order chi connectivity index (χ1) is 7.11. The molecule has 0 aromatic heterocycles. The fourth-order valence-corrected chi connectivity index (χ4v) is 1.46. The van der Waals surface area contributed by atoms with Crippen LogP contribution in [0.25, 0.3) is 0 Å². The van der Waals surface area contributed by atoms with Crippen LogP contribution < -0.4 is 10.8 Å². The van der Waals surface area contributed by atoms with E-state index in [2.05, 4.69) is 8.57 Å². The lowest BCUT2D eigenvalue weighted by molar-refractivity contribution is 0.198. The minimum Gasteiger partial charge on any atom is -0.192 e. The summed E-state index contributed by atoms with van der Waals surface area (Å²) in [6.45, 7) is 0. The number of anilines is 1. The molecule has 0 radical (unpaired) electrons. The highest BCUT2D eigenvalue weighted by Crippen LogP contribution is 2.18. The van der Waals surface area contributed by atoms with Crippen LogP contribution in [0.4, 0.5) is 5.69 Å². The Morgan fingerprint density at radius 1 is 1.33 bits per heavy atom. The lowest BCUT2D eigenvalue weighted by atomic mass is 10.2. The third-order valence-electron chi connectivity index (χ3n) is 1.62. The maximum Gasteiger partial charge on any atom is 0.440 e. The lowest BCUT2D eigenvalue weighted by Crippen LogP contribution is -2.28. The van der Waals surface area contributed by atoms with Crippen LogP contribution in [-0.2, 0) is 19.0 Å². The van der Waals surface area contributed by atoms with E-state index in [1.807, 2.05) is 11.7 Å². The van der Waals surface area contributed by atoms with E-state index in [4.69, 9.17) is 5.26 Å². The second kappa shape index (κ2) is 3.48. The fourth-order valence-electron chi connectivity index (χ4n) is 0.968. The van der Waals surface area contributed by atoms with Gasteiger partial charge in [0.25, 0.3) is 0 Å². The summed E-state index contributed by atoms with van der Waals surface area (Å²) in [7, 11) is -4.01. The number of nitrogens with zero attached hydrogens (tertiary/aromatic N) is 2. The highest BCUT2D eigenvalue weighted by molar-refractivity contribution is 7.82. The van der Waals surface area contributed by atoms with Crippen LogP contribution in [0.15, 0.2) is 24.3 Å². The number of benzene rings is 1. The topological polar surface area (TPSA) is 91.7 Å². The summed E-state index contributed by atoms with van der Waals surface area (Å²) in [6, 6.07) is 7.99. The average molecular weight is 227 g/mol. The Bertz CT molecular complexity index is 504. The SMILES string of the molecule is N#Cc1ccc(N2NOS(=O)(=O)O2)cc1. The van der Waals surface area contributed by atoms with Crippen LogP contribution in [-0.4, -0.2) is 8.42 Å². The second-order valence-electron chi connectivity index (χ2n) is 2.61. The van der Waals surface area contributed by atoms with Crippen molar-refractivity contribution in [3.63, 3.8) is 0 Å². The minimum atomic E-state index is -4.01. The molecule has 0 spiro atoms. The van der Waals surface area contributed by atoms with Crippen molar-refractivity contribution in [2.24, 2.45) is 0 Å². The quantitative estimate of drug-likeness (QED) is 0.721. The molecule has 0 atom stereocenters. The summed E-state index contributed by atoms with van der Waals surface area (Å²) in [4.78, 5) is 0. The summed E-state index contributed by atoms with van der Waals surface area (Å²) < 4.78 is 30.0. The van der Waals surface area contributed by atoms with E-state index in [1.165, 1.54) is 24.3 Å². The largest absolute Gasteiger partial charge is 0.440 e. The van der Waals surface area contributed by atoms with Gasteiger partial charge >= 0.3 is 10.4 Å². The molecule has 7 nitrogen and oxygen atoms in total. The Kier molecular flexibility index (Phi) is 2.29. The third-order valence-corrected chi connectivity index (χ3v) is 2.23. The van der Waals surface area contributed by atoms with E-state index in [-0.39, 0.29) is 0 Å². The standard InChI is InChI=1S/C7H5N3O4S/c8-5-6-1-3-7(4-2-6)10-9-13-15(11,12)14-10/h1-4,9H. The van der Waals surface area contributed by atoms with Crippen LogP contribution in [0, 0.1) is 11.3 Å². The van der Waals surface area contributed by atoms with Gasteiger partial charge in [-0.3, -0.25) is 0 Å². The molecule has 0 saturated carbocycles. The van der Waals surface area contributed by atoms with Gasteiger partial charge in [-0.25, -0.2) is 0 Å². The molecule has 15 heavy (non-hydrogen) atoms. The third kappa shape index (κ3) is 2.05. The van der Waals surface area contributed by atoms with Crippen molar-refractivity contribution in [2.75, 3.05) is 5.17 Å². The van der Waals surface area contributed by atoms with E-state index >= 15 is 0 Å².